The first-order valence-corrected chi connectivity index (χ1v) is 9.56. The molecular formula is C24H36O4. The Kier molecular flexibility index (Phi) is 18.9. The number of carbonyl (C=O) groups excluding carboxylic acids is 2. The Morgan fingerprint density at radius 3 is 2.07 bits per heavy atom. The van der Waals surface area contributed by atoms with Crippen LogP contribution in [-0.2, 0) is 19.1 Å². The summed E-state index contributed by atoms with van der Waals surface area (Å²) in [5.41, 5.74) is 1.61. The average molecular weight is 389 g/mol. The van der Waals surface area contributed by atoms with Gasteiger partial charge in [-0.1, -0.05) is 89.3 Å². The van der Waals surface area contributed by atoms with Crippen molar-refractivity contribution in [1.29, 1.82) is 0 Å². The predicted octanol–water partition coefficient (Wildman–Crippen LogP) is 6.00. The van der Waals surface area contributed by atoms with Crippen LogP contribution < -0.4 is 0 Å². The smallest absolute Gasteiger partial charge is 0.332 e. The highest BCUT2D eigenvalue weighted by Crippen LogP contribution is 2.12. The van der Waals surface area contributed by atoms with Gasteiger partial charge in [-0.25, -0.2) is 9.59 Å². The number of unbranched alkanes of at least 4 members (excludes halogenated alkanes) is 1. The molecular weight excluding hydrogens is 352 g/mol. The molecule has 1 aromatic rings. The zero-order valence-electron chi connectivity index (χ0n) is 17.9. The van der Waals surface area contributed by atoms with Gasteiger partial charge in [0.05, 0.1) is 13.7 Å². The van der Waals surface area contributed by atoms with E-state index < -0.39 is 0 Å². The number of hydrogen-bond acceptors (Lipinski definition) is 4. The number of carbonyl (C=O) groups is 2. The van der Waals surface area contributed by atoms with Crippen molar-refractivity contribution in [2.24, 2.45) is 5.92 Å². The molecule has 1 aromatic carbocycles. The predicted molar refractivity (Wildman–Crippen MR) is 118 cm³/mol. The van der Waals surface area contributed by atoms with E-state index >= 15 is 0 Å². The fourth-order valence-electron chi connectivity index (χ4n) is 1.92. The van der Waals surface area contributed by atoms with E-state index in [1.54, 1.807) is 6.92 Å². The summed E-state index contributed by atoms with van der Waals surface area (Å²) in [5, 5.41) is 0. The first-order chi connectivity index (χ1) is 13.4. The largest absolute Gasteiger partial charge is 0.466 e. The number of ether oxygens (including phenoxy) is 2. The van der Waals surface area contributed by atoms with Crippen LogP contribution in [0.3, 0.4) is 0 Å². The molecule has 0 N–H and O–H groups in total. The molecule has 0 aliphatic rings. The molecule has 0 saturated carbocycles. The first kappa shape index (κ1) is 27.6. The van der Waals surface area contributed by atoms with Crippen LogP contribution in [0.5, 0.6) is 0 Å². The first-order valence-electron chi connectivity index (χ1n) is 9.56. The molecule has 0 aliphatic carbocycles. The van der Waals surface area contributed by atoms with Crippen LogP contribution in [0.25, 0.3) is 6.08 Å². The maximum atomic E-state index is 10.8. The van der Waals surface area contributed by atoms with Gasteiger partial charge in [-0.05, 0) is 24.8 Å². The highest BCUT2D eigenvalue weighted by molar-refractivity contribution is 5.86. The van der Waals surface area contributed by atoms with Crippen molar-refractivity contribution in [3.8, 4) is 0 Å². The lowest BCUT2D eigenvalue weighted by Gasteiger charge is -2.13. The summed E-state index contributed by atoms with van der Waals surface area (Å²) in [5.74, 6) is -0.140. The summed E-state index contributed by atoms with van der Waals surface area (Å²) < 4.78 is 9.26. The second kappa shape index (κ2) is 19.2. The van der Waals surface area contributed by atoms with E-state index in [1.165, 1.54) is 31.6 Å². The van der Waals surface area contributed by atoms with Crippen molar-refractivity contribution in [1.82, 2.24) is 0 Å². The zero-order valence-corrected chi connectivity index (χ0v) is 17.9. The third-order valence-electron chi connectivity index (χ3n) is 3.74. The minimum atomic E-state index is -0.347. The molecule has 28 heavy (non-hydrogen) atoms. The van der Waals surface area contributed by atoms with Crippen LogP contribution in [0.15, 0.2) is 61.7 Å². The maximum absolute atomic E-state index is 10.8. The van der Waals surface area contributed by atoms with Crippen molar-refractivity contribution in [2.45, 2.75) is 46.5 Å². The molecule has 0 amide bonds. The lowest BCUT2D eigenvalue weighted by molar-refractivity contribution is -0.139. The van der Waals surface area contributed by atoms with Crippen LogP contribution >= 0.6 is 0 Å². The molecule has 1 rings (SSSR count). The zero-order chi connectivity index (χ0) is 21.8. The number of rotatable bonds is 9. The number of esters is 2. The van der Waals surface area contributed by atoms with E-state index in [4.69, 9.17) is 4.74 Å². The summed E-state index contributed by atoms with van der Waals surface area (Å²) in [6.45, 7) is 16.8. The molecule has 1 unspecified atom stereocenters. The number of hydrogen-bond donors (Lipinski definition) is 0. The molecule has 4 heteroatoms. The van der Waals surface area contributed by atoms with Crippen molar-refractivity contribution >= 4 is 18.0 Å². The maximum Gasteiger partial charge on any atom is 0.332 e. The van der Waals surface area contributed by atoms with Gasteiger partial charge in [-0.3, -0.25) is 0 Å². The highest BCUT2D eigenvalue weighted by atomic mass is 16.5. The second-order valence-electron chi connectivity index (χ2n) is 6.14. The molecule has 4 nitrogen and oxygen atoms in total. The van der Waals surface area contributed by atoms with Gasteiger partial charge in [-0.15, -0.1) is 0 Å². The summed E-state index contributed by atoms with van der Waals surface area (Å²) in [6, 6.07) is 10.0. The minimum Gasteiger partial charge on any atom is -0.466 e. The van der Waals surface area contributed by atoms with Crippen LogP contribution in [0, 0.1) is 5.92 Å². The summed E-state index contributed by atoms with van der Waals surface area (Å²) in [6.07, 6.45) is 7.68. The number of benzene rings is 1. The van der Waals surface area contributed by atoms with E-state index in [0.717, 1.165) is 12.8 Å². The fraction of sp³-hybridized carbons (Fsp3) is 0.417. The van der Waals surface area contributed by atoms with Gasteiger partial charge in [0.25, 0.3) is 0 Å². The molecule has 0 aromatic heterocycles. The molecule has 0 bridgehead atoms. The monoisotopic (exact) mass is 388 g/mol. The minimum absolute atomic E-state index is 0.310. The lowest BCUT2D eigenvalue weighted by Crippen LogP contribution is -2.12. The average Bonchev–Trinajstić information content (AvgIpc) is 2.74. The Morgan fingerprint density at radius 2 is 1.75 bits per heavy atom. The van der Waals surface area contributed by atoms with Crippen LogP contribution in [0.1, 0.15) is 52.0 Å². The van der Waals surface area contributed by atoms with Crippen LogP contribution in [0.2, 0.25) is 0 Å². The van der Waals surface area contributed by atoms with E-state index in [-0.39, 0.29) is 11.9 Å². The van der Waals surface area contributed by atoms with Gasteiger partial charge in [0.1, 0.15) is 0 Å². The van der Waals surface area contributed by atoms with Gasteiger partial charge >= 0.3 is 11.9 Å². The molecule has 1 atom stereocenters. The third-order valence-corrected chi connectivity index (χ3v) is 3.74. The van der Waals surface area contributed by atoms with E-state index in [2.05, 4.69) is 38.3 Å². The molecule has 0 spiro atoms. The quantitative estimate of drug-likeness (QED) is 0.385. The Morgan fingerprint density at radius 1 is 1.14 bits per heavy atom. The Hall–Kier alpha value is -2.62. The van der Waals surface area contributed by atoms with Gasteiger partial charge in [0.15, 0.2) is 0 Å². The van der Waals surface area contributed by atoms with Crippen LogP contribution in [-0.4, -0.2) is 25.7 Å². The normalized spacial score (nSPS) is 10.0. The van der Waals surface area contributed by atoms with E-state index in [9.17, 15) is 9.59 Å². The van der Waals surface area contributed by atoms with Crippen molar-refractivity contribution < 1.29 is 19.1 Å². The molecule has 0 radical (unpaired) electrons. The topological polar surface area (TPSA) is 52.6 Å². The summed E-state index contributed by atoms with van der Waals surface area (Å²) in [7, 11) is 1.33. The standard InChI is InChI=1S/C11H20O2.C8H8.C5H8O2/c1-4-7-8-10(5-2)9-13-11(12)6-3;1-2-8-6-4-3-5-7-8;1-4(2)5(6)7-3/h6,10H,3-5,7-9H2,1-2H3;2-7H,1H2;1H2,2-3H3. The van der Waals surface area contributed by atoms with Gasteiger partial charge < -0.3 is 9.47 Å². The van der Waals surface area contributed by atoms with Gasteiger partial charge in [0.2, 0.25) is 0 Å². The Balaban J connectivity index is 0. The third kappa shape index (κ3) is 16.8. The molecule has 0 saturated heterocycles. The fourth-order valence-corrected chi connectivity index (χ4v) is 1.92. The lowest BCUT2D eigenvalue weighted by atomic mass is 10.0. The van der Waals surface area contributed by atoms with Gasteiger partial charge in [0, 0.05) is 11.6 Å². The molecule has 0 fully saturated rings. The van der Waals surface area contributed by atoms with Crippen molar-refractivity contribution in [2.75, 3.05) is 13.7 Å². The molecule has 156 valence electrons. The summed E-state index contributed by atoms with van der Waals surface area (Å²) in [4.78, 5) is 21.0. The molecule has 0 heterocycles. The van der Waals surface area contributed by atoms with Crippen molar-refractivity contribution in [3.63, 3.8) is 0 Å². The molecule has 0 aliphatic heterocycles. The van der Waals surface area contributed by atoms with Crippen molar-refractivity contribution in [3.05, 3.63) is 67.3 Å². The highest BCUT2D eigenvalue weighted by Gasteiger charge is 2.07. The van der Waals surface area contributed by atoms with Crippen LogP contribution in [0.4, 0.5) is 0 Å². The second-order valence-corrected chi connectivity index (χ2v) is 6.14. The van der Waals surface area contributed by atoms with E-state index in [0.29, 0.717) is 18.1 Å². The van der Waals surface area contributed by atoms with Gasteiger partial charge in [-0.2, -0.15) is 0 Å². The summed E-state index contributed by atoms with van der Waals surface area (Å²) >= 11 is 0. The SMILES string of the molecule is C=C(C)C(=O)OC.C=CC(=O)OCC(CC)CCCC.C=Cc1ccccc1. The van der Waals surface area contributed by atoms with E-state index in [1.807, 2.05) is 36.4 Å². The Labute approximate surface area is 170 Å². The number of methoxy groups -OCH3 is 1. The Bertz CT molecular complexity index is 576.